The first kappa shape index (κ1) is 12.9. The lowest BCUT2D eigenvalue weighted by Crippen LogP contribution is -2.28. The third kappa shape index (κ3) is 3.01. The van der Waals surface area contributed by atoms with Crippen LogP contribution in [0.4, 0.5) is 5.69 Å². The first-order valence-electron chi connectivity index (χ1n) is 6.32. The number of amides is 1. The molecular weight excluding hydrogens is 228 g/mol. The van der Waals surface area contributed by atoms with E-state index < -0.39 is 0 Å². The standard InChI is InChI=1S/C14H20N2O2/c1-16(12-4-3-5-13(9-12)18-2)14(17)8-11-6-7-15-10-11/h3-5,9,11,15H,6-8,10H2,1-2H3. The Morgan fingerprint density at radius 1 is 1.56 bits per heavy atom. The Hall–Kier alpha value is -1.55. The molecule has 1 heterocycles. The number of nitrogens with zero attached hydrogens (tertiary/aromatic N) is 1. The fourth-order valence-corrected chi connectivity index (χ4v) is 2.24. The number of nitrogens with one attached hydrogen (secondary N) is 1. The van der Waals surface area contributed by atoms with E-state index in [1.54, 1.807) is 12.0 Å². The summed E-state index contributed by atoms with van der Waals surface area (Å²) < 4.78 is 5.17. The van der Waals surface area contributed by atoms with Gasteiger partial charge in [-0.1, -0.05) is 6.07 Å². The van der Waals surface area contributed by atoms with Gasteiger partial charge in [0.25, 0.3) is 0 Å². The summed E-state index contributed by atoms with van der Waals surface area (Å²) in [5.74, 6) is 1.41. The second kappa shape index (κ2) is 5.87. The van der Waals surface area contributed by atoms with Crippen molar-refractivity contribution in [1.29, 1.82) is 0 Å². The highest BCUT2D eigenvalue weighted by molar-refractivity contribution is 5.93. The summed E-state index contributed by atoms with van der Waals surface area (Å²) in [6.07, 6.45) is 1.71. The number of ether oxygens (including phenoxy) is 1. The molecule has 1 aliphatic heterocycles. The van der Waals surface area contributed by atoms with E-state index in [9.17, 15) is 4.79 Å². The van der Waals surface area contributed by atoms with Gasteiger partial charge in [0.1, 0.15) is 5.75 Å². The Kier molecular flexibility index (Phi) is 4.20. The van der Waals surface area contributed by atoms with Crippen LogP contribution in [-0.4, -0.2) is 33.2 Å². The molecule has 0 saturated carbocycles. The number of benzene rings is 1. The van der Waals surface area contributed by atoms with Crippen molar-refractivity contribution in [2.75, 3.05) is 32.1 Å². The van der Waals surface area contributed by atoms with Crippen LogP contribution in [0.2, 0.25) is 0 Å². The van der Waals surface area contributed by atoms with Crippen molar-refractivity contribution in [3.05, 3.63) is 24.3 Å². The maximum atomic E-state index is 12.2. The summed E-state index contributed by atoms with van der Waals surface area (Å²) >= 11 is 0. The van der Waals surface area contributed by atoms with Crippen molar-refractivity contribution in [2.45, 2.75) is 12.8 Å². The van der Waals surface area contributed by atoms with Gasteiger partial charge in [0.2, 0.25) is 5.91 Å². The second-order valence-electron chi connectivity index (χ2n) is 4.72. The lowest BCUT2D eigenvalue weighted by atomic mass is 10.0. The molecule has 1 atom stereocenters. The minimum atomic E-state index is 0.164. The molecule has 0 radical (unpaired) electrons. The third-order valence-electron chi connectivity index (χ3n) is 3.44. The SMILES string of the molecule is COc1cccc(N(C)C(=O)CC2CCNC2)c1. The van der Waals surface area contributed by atoms with Crippen LogP contribution in [0.15, 0.2) is 24.3 Å². The molecule has 2 rings (SSSR count). The topological polar surface area (TPSA) is 41.6 Å². The van der Waals surface area contributed by atoms with Gasteiger partial charge in [-0.3, -0.25) is 4.79 Å². The lowest BCUT2D eigenvalue weighted by molar-refractivity contribution is -0.119. The number of methoxy groups -OCH3 is 1. The van der Waals surface area contributed by atoms with E-state index in [4.69, 9.17) is 4.74 Å². The molecule has 1 aromatic carbocycles. The molecule has 0 aliphatic carbocycles. The van der Waals surface area contributed by atoms with Crippen LogP contribution in [0.25, 0.3) is 0 Å². The van der Waals surface area contributed by atoms with Crippen molar-refractivity contribution < 1.29 is 9.53 Å². The smallest absolute Gasteiger partial charge is 0.227 e. The number of anilines is 1. The van der Waals surface area contributed by atoms with Crippen molar-refractivity contribution >= 4 is 11.6 Å². The molecule has 98 valence electrons. The first-order chi connectivity index (χ1) is 8.70. The molecule has 1 unspecified atom stereocenters. The number of carbonyl (C=O) groups is 1. The second-order valence-corrected chi connectivity index (χ2v) is 4.72. The van der Waals surface area contributed by atoms with Gasteiger partial charge in [-0.05, 0) is 37.6 Å². The first-order valence-corrected chi connectivity index (χ1v) is 6.32. The normalized spacial score (nSPS) is 18.7. The fraction of sp³-hybridized carbons (Fsp3) is 0.500. The average molecular weight is 248 g/mol. The van der Waals surface area contributed by atoms with Crippen LogP contribution in [-0.2, 0) is 4.79 Å². The molecule has 1 amide bonds. The fourth-order valence-electron chi connectivity index (χ4n) is 2.24. The van der Waals surface area contributed by atoms with E-state index in [2.05, 4.69) is 5.32 Å². The van der Waals surface area contributed by atoms with E-state index in [1.165, 1.54) is 0 Å². The monoisotopic (exact) mass is 248 g/mol. The van der Waals surface area contributed by atoms with Gasteiger partial charge in [-0.25, -0.2) is 0 Å². The third-order valence-corrected chi connectivity index (χ3v) is 3.44. The van der Waals surface area contributed by atoms with Crippen LogP contribution in [0.3, 0.4) is 0 Å². The van der Waals surface area contributed by atoms with Gasteiger partial charge in [0.05, 0.1) is 7.11 Å². The Labute approximate surface area is 108 Å². The van der Waals surface area contributed by atoms with Crippen LogP contribution in [0.5, 0.6) is 5.75 Å². The van der Waals surface area contributed by atoms with Crippen molar-refractivity contribution in [3.8, 4) is 5.75 Å². The Morgan fingerprint density at radius 2 is 2.39 bits per heavy atom. The minimum Gasteiger partial charge on any atom is -0.497 e. The van der Waals surface area contributed by atoms with E-state index in [0.717, 1.165) is 30.9 Å². The Morgan fingerprint density at radius 3 is 3.06 bits per heavy atom. The van der Waals surface area contributed by atoms with Crippen LogP contribution < -0.4 is 15.0 Å². The molecule has 1 aliphatic rings. The molecular formula is C14H20N2O2. The van der Waals surface area contributed by atoms with E-state index in [-0.39, 0.29) is 5.91 Å². The van der Waals surface area contributed by atoms with Gasteiger partial charge < -0.3 is 15.0 Å². The van der Waals surface area contributed by atoms with Gasteiger partial charge in [0, 0.05) is 25.2 Å². The summed E-state index contributed by atoms with van der Waals surface area (Å²) in [6.45, 7) is 1.98. The van der Waals surface area contributed by atoms with Crippen LogP contribution in [0.1, 0.15) is 12.8 Å². The van der Waals surface area contributed by atoms with Crippen LogP contribution in [0, 0.1) is 5.92 Å². The number of carbonyl (C=O) groups excluding carboxylic acids is 1. The van der Waals surface area contributed by atoms with Crippen LogP contribution >= 0.6 is 0 Å². The van der Waals surface area contributed by atoms with Crippen molar-refractivity contribution in [3.63, 3.8) is 0 Å². The summed E-state index contributed by atoms with van der Waals surface area (Å²) in [7, 11) is 3.45. The summed E-state index contributed by atoms with van der Waals surface area (Å²) in [5.41, 5.74) is 0.880. The molecule has 0 bridgehead atoms. The highest BCUT2D eigenvalue weighted by Crippen LogP contribution is 2.22. The predicted octanol–water partition coefficient (Wildman–Crippen LogP) is 1.66. The number of hydrogen-bond donors (Lipinski definition) is 1. The average Bonchev–Trinajstić information content (AvgIpc) is 2.90. The minimum absolute atomic E-state index is 0.164. The van der Waals surface area contributed by atoms with Gasteiger partial charge in [-0.2, -0.15) is 0 Å². The Balaban J connectivity index is 2.00. The zero-order valence-electron chi connectivity index (χ0n) is 11.0. The molecule has 1 N–H and O–H groups in total. The predicted molar refractivity (Wildman–Crippen MR) is 72.0 cm³/mol. The molecule has 1 saturated heterocycles. The molecule has 0 spiro atoms. The highest BCUT2D eigenvalue weighted by atomic mass is 16.5. The van der Waals surface area contributed by atoms with Gasteiger partial charge in [0.15, 0.2) is 0 Å². The summed E-state index contributed by atoms with van der Waals surface area (Å²) in [6, 6.07) is 7.58. The maximum Gasteiger partial charge on any atom is 0.227 e. The zero-order chi connectivity index (χ0) is 13.0. The van der Waals surface area contributed by atoms with Crippen molar-refractivity contribution in [1.82, 2.24) is 5.32 Å². The maximum absolute atomic E-state index is 12.2. The molecule has 1 fully saturated rings. The van der Waals surface area contributed by atoms with Crippen molar-refractivity contribution in [2.24, 2.45) is 5.92 Å². The number of hydrogen-bond acceptors (Lipinski definition) is 3. The van der Waals surface area contributed by atoms with E-state index >= 15 is 0 Å². The molecule has 4 heteroatoms. The lowest BCUT2D eigenvalue weighted by Gasteiger charge is -2.19. The van der Waals surface area contributed by atoms with E-state index in [1.807, 2.05) is 31.3 Å². The number of rotatable bonds is 4. The summed E-state index contributed by atoms with van der Waals surface area (Å²) in [4.78, 5) is 13.9. The summed E-state index contributed by atoms with van der Waals surface area (Å²) in [5, 5.41) is 3.28. The molecule has 4 nitrogen and oxygen atoms in total. The molecule has 0 aromatic heterocycles. The highest BCUT2D eigenvalue weighted by Gasteiger charge is 2.20. The molecule has 18 heavy (non-hydrogen) atoms. The van der Waals surface area contributed by atoms with Gasteiger partial charge >= 0.3 is 0 Å². The molecule has 1 aromatic rings. The quantitative estimate of drug-likeness (QED) is 0.881. The Bertz CT molecular complexity index is 414. The largest absolute Gasteiger partial charge is 0.497 e. The zero-order valence-corrected chi connectivity index (χ0v) is 11.0. The van der Waals surface area contributed by atoms with Gasteiger partial charge in [-0.15, -0.1) is 0 Å². The van der Waals surface area contributed by atoms with E-state index in [0.29, 0.717) is 12.3 Å².